The van der Waals surface area contributed by atoms with Gasteiger partial charge in [-0.15, -0.1) is 0 Å². The number of hydrogen-bond donors (Lipinski definition) is 0. The van der Waals surface area contributed by atoms with Crippen molar-refractivity contribution < 1.29 is 0 Å². The van der Waals surface area contributed by atoms with Crippen molar-refractivity contribution in [1.82, 2.24) is 4.98 Å². The van der Waals surface area contributed by atoms with Crippen LogP contribution in [-0.2, 0) is 0 Å². The Morgan fingerprint density at radius 3 is 2.00 bits per heavy atom. The molecule has 1 nitrogen and oxygen atoms in total. The van der Waals surface area contributed by atoms with Crippen LogP contribution in [0, 0.1) is 7.14 Å². The summed E-state index contributed by atoms with van der Waals surface area (Å²) in [5.41, 5.74) is 2.20. The minimum absolute atomic E-state index is 1.03. The van der Waals surface area contributed by atoms with Crippen LogP contribution in [0.4, 0.5) is 0 Å². The number of benzene rings is 1. The number of hydrogen-bond acceptors (Lipinski definition) is 1. The quantitative estimate of drug-likeness (QED) is 0.653. The molecule has 0 atom stereocenters. The molecule has 0 bridgehead atoms. The Bertz CT molecular complexity index is 377. The highest BCUT2D eigenvalue weighted by Crippen LogP contribution is 2.18. The van der Waals surface area contributed by atoms with Crippen LogP contribution in [0.5, 0.6) is 0 Å². The first-order valence-corrected chi connectivity index (χ1v) is 6.29. The van der Waals surface area contributed by atoms with E-state index in [4.69, 9.17) is 0 Å². The van der Waals surface area contributed by atoms with Gasteiger partial charge in [-0.05, 0) is 69.4 Å². The fourth-order valence-corrected chi connectivity index (χ4v) is 1.85. The highest BCUT2D eigenvalue weighted by molar-refractivity contribution is 14.1. The molecule has 0 fully saturated rings. The number of pyridine rings is 1. The van der Waals surface area contributed by atoms with E-state index in [9.17, 15) is 0 Å². The van der Waals surface area contributed by atoms with Crippen LogP contribution in [0.25, 0.3) is 11.3 Å². The molecule has 0 radical (unpaired) electrons. The maximum Gasteiger partial charge on any atom is 0.0702 e. The number of halogens is 2. The average Bonchev–Trinajstić information content (AvgIpc) is 2.21. The molecule has 0 unspecified atom stereocenters. The Kier molecular flexibility index (Phi) is 3.38. The van der Waals surface area contributed by atoms with E-state index in [1.54, 1.807) is 0 Å². The molecular formula is C11H7I2N. The third kappa shape index (κ3) is 2.44. The van der Waals surface area contributed by atoms with Gasteiger partial charge >= 0.3 is 0 Å². The molecule has 0 saturated carbocycles. The molecule has 0 spiro atoms. The van der Waals surface area contributed by atoms with Crippen molar-refractivity contribution in [3.63, 3.8) is 0 Å². The van der Waals surface area contributed by atoms with Crippen LogP contribution in [0.2, 0.25) is 0 Å². The van der Waals surface area contributed by atoms with Crippen molar-refractivity contribution in [2.75, 3.05) is 0 Å². The second-order valence-corrected chi connectivity index (χ2v) is 5.36. The van der Waals surface area contributed by atoms with Crippen molar-refractivity contribution in [2.24, 2.45) is 0 Å². The van der Waals surface area contributed by atoms with E-state index in [1.807, 2.05) is 12.3 Å². The van der Waals surface area contributed by atoms with E-state index in [-0.39, 0.29) is 0 Å². The van der Waals surface area contributed by atoms with Crippen molar-refractivity contribution >= 4 is 45.2 Å². The third-order valence-electron chi connectivity index (χ3n) is 1.87. The molecule has 2 aromatic rings. The number of rotatable bonds is 1. The minimum atomic E-state index is 1.03. The smallest absolute Gasteiger partial charge is 0.0702 e. The molecule has 1 aromatic heterocycles. The van der Waals surface area contributed by atoms with Crippen molar-refractivity contribution in [3.05, 3.63) is 49.7 Å². The summed E-state index contributed by atoms with van der Waals surface area (Å²) in [5, 5.41) is 0. The molecule has 1 heterocycles. The van der Waals surface area contributed by atoms with Crippen LogP contribution in [0.1, 0.15) is 0 Å². The van der Waals surface area contributed by atoms with Crippen LogP contribution < -0.4 is 0 Å². The Morgan fingerprint density at radius 1 is 0.786 bits per heavy atom. The molecule has 0 aliphatic rings. The molecule has 0 aliphatic carbocycles. The molecule has 0 N–H and O–H groups in total. The molecule has 0 saturated heterocycles. The highest BCUT2D eigenvalue weighted by atomic mass is 127. The first-order valence-electron chi connectivity index (χ1n) is 4.13. The molecule has 2 rings (SSSR count). The normalized spacial score (nSPS) is 10.1. The van der Waals surface area contributed by atoms with E-state index in [2.05, 4.69) is 80.5 Å². The molecule has 14 heavy (non-hydrogen) atoms. The van der Waals surface area contributed by atoms with Gasteiger partial charge in [0.1, 0.15) is 0 Å². The lowest BCUT2D eigenvalue weighted by molar-refractivity contribution is 1.31. The SMILES string of the molecule is Ic1ccc(-c2ccc(I)cn2)cc1. The van der Waals surface area contributed by atoms with E-state index < -0.39 is 0 Å². The summed E-state index contributed by atoms with van der Waals surface area (Å²) in [4.78, 5) is 4.37. The Labute approximate surface area is 110 Å². The largest absolute Gasteiger partial charge is 0.255 e. The molecule has 3 heteroatoms. The standard InChI is InChI=1S/C11H7I2N/c12-9-3-1-8(2-4-9)11-6-5-10(13)7-14-11/h1-7H. The zero-order chi connectivity index (χ0) is 9.97. The average molecular weight is 407 g/mol. The first kappa shape index (κ1) is 10.4. The number of aromatic nitrogens is 1. The van der Waals surface area contributed by atoms with Crippen molar-refractivity contribution in [3.8, 4) is 11.3 Å². The lowest BCUT2D eigenvalue weighted by Gasteiger charge is -2.00. The summed E-state index contributed by atoms with van der Waals surface area (Å²) in [6.07, 6.45) is 1.88. The second kappa shape index (κ2) is 4.57. The highest BCUT2D eigenvalue weighted by Gasteiger charge is 1.97. The lowest BCUT2D eigenvalue weighted by Crippen LogP contribution is -1.83. The predicted molar refractivity (Wildman–Crippen MR) is 75.1 cm³/mol. The van der Waals surface area contributed by atoms with Crippen molar-refractivity contribution in [2.45, 2.75) is 0 Å². The van der Waals surface area contributed by atoms with Crippen LogP contribution in [0.3, 0.4) is 0 Å². The van der Waals surface area contributed by atoms with Gasteiger partial charge in [-0.2, -0.15) is 0 Å². The predicted octanol–water partition coefficient (Wildman–Crippen LogP) is 3.96. The summed E-state index contributed by atoms with van der Waals surface area (Å²) in [7, 11) is 0. The lowest BCUT2D eigenvalue weighted by atomic mass is 10.1. The van der Waals surface area contributed by atoms with Gasteiger partial charge in [0.25, 0.3) is 0 Å². The summed E-state index contributed by atoms with van der Waals surface area (Å²) in [5.74, 6) is 0. The van der Waals surface area contributed by atoms with Gasteiger partial charge in [-0.25, -0.2) is 0 Å². The van der Waals surface area contributed by atoms with E-state index in [1.165, 1.54) is 9.13 Å². The van der Waals surface area contributed by atoms with Gasteiger partial charge < -0.3 is 0 Å². The Balaban J connectivity index is 2.40. The summed E-state index contributed by atoms with van der Waals surface area (Å²) in [6, 6.07) is 12.5. The van der Waals surface area contributed by atoms with Gasteiger partial charge in [0.15, 0.2) is 0 Å². The Morgan fingerprint density at radius 2 is 1.43 bits per heavy atom. The maximum atomic E-state index is 4.37. The fourth-order valence-electron chi connectivity index (χ4n) is 1.17. The number of nitrogens with zero attached hydrogens (tertiary/aromatic N) is 1. The molecular weight excluding hydrogens is 400 g/mol. The zero-order valence-electron chi connectivity index (χ0n) is 7.24. The summed E-state index contributed by atoms with van der Waals surface area (Å²) in [6.45, 7) is 0. The zero-order valence-corrected chi connectivity index (χ0v) is 11.6. The topological polar surface area (TPSA) is 12.9 Å². The van der Waals surface area contributed by atoms with E-state index in [0.717, 1.165) is 9.26 Å². The van der Waals surface area contributed by atoms with Crippen LogP contribution in [0.15, 0.2) is 42.6 Å². The molecule has 70 valence electrons. The van der Waals surface area contributed by atoms with Crippen LogP contribution >= 0.6 is 45.2 Å². The molecule has 0 aliphatic heterocycles. The first-order chi connectivity index (χ1) is 6.75. The summed E-state index contributed by atoms with van der Waals surface area (Å²) < 4.78 is 2.41. The van der Waals surface area contributed by atoms with Crippen LogP contribution in [-0.4, -0.2) is 4.98 Å². The third-order valence-corrected chi connectivity index (χ3v) is 3.22. The van der Waals surface area contributed by atoms with Gasteiger partial charge in [0.05, 0.1) is 5.69 Å². The van der Waals surface area contributed by atoms with E-state index in [0.29, 0.717) is 0 Å². The van der Waals surface area contributed by atoms with Gasteiger partial charge in [-0.3, -0.25) is 4.98 Å². The van der Waals surface area contributed by atoms with E-state index >= 15 is 0 Å². The molecule has 0 amide bonds. The van der Waals surface area contributed by atoms with Gasteiger partial charge in [0, 0.05) is 18.9 Å². The second-order valence-electron chi connectivity index (χ2n) is 2.87. The Hall–Kier alpha value is -0.170. The fraction of sp³-hybridized carbons (Fsp3) is 0. The van der Waals surface area contributed by atoms with Gasteiger partial charge in [0.2, 0.25) is 0 Å². The van der Waals surface area contributed by atoms with Gasteiger partial charge in [-0.1, -0.05) is 12.1 Å². The monoisotopic (exact) mass is 407 g/mol. The molecule has 1 aromatic carbocycles. The summed E-state index contributed by atoms with van der Waals surface area (Å²) >= 11 is 4.56. The minimum Gasteiger partial charge on any atom is -0.255 e. The van der Waals surface area contributed by atoms with Crippen molar-refractivity contribution in [1.29, 1.82) is 0 Å². The maximum absolute atomic E-state index is 4.37.